The standard InChI is InChI=1S/C9H12FN/c1-7(2)11-9-5-3-4-8(10)6-9/h3-7,11H,1-2H3. The molecule has 0 aliphatic heterocycles. The molecule has 0 aliphatic rings. The van der Waals surface area contributed by atoms with Gasteiger partial charge >= 0.3 is 0 Å². The predicted molar refractivity (Wildman–Crippen MR) is 45.2 cm³/mol. The van der Waals surface area contributed by atoms with Gasteiger partial charge in [-0.25, -0.2) is 4.39 Å². The first-order valence-electron chi connectivity index (χ1n) is 3.70. The fraction of sp³-hybridized carbons (Fsp3) is 0.333. The average Bonchev–Trinajstić information content (AvgIpc) is 1.85. The maximum atomic E-state index is 12.6. The normalized spacial score (nSPS) is 10.2. The summed E-state index contributed by atoms with van der Waals surface area (Å²) in [6.07, 6.45) is 0. The molecule has 1 nitrogen and oxygen atoms in total. The maximum Gasteiger partial charge on any atom is 0.125 e. The van der Waals surface area contributed by atoms with Crippen LogP contribution in [0, 0.1) is 5.82 Å². The molecular formula is C9H12FN. The SMILES string of the molecule is CC(C)Nc1cccc(F)c1. The third-order valence-corrected chi connectivity index (χ3v) is 1.28. The molecule has 0 spiro atoms. The highest BCUT2D eigenvalue weighted by Gasteiger charge is 1.95. The lowest BCUT2D eigenvalue weighted by Gasteiger charge is -2.08. The van der Waals surface area contributed by atoms with Gasteiger partial charge in [0.1, 0.15) is 5.82 Å². The molecule has 0 atom stereocenters. The van der Waals surface area contributed by atoms with Crippen LogP contribution in [-0.2, 0) is 0 Å². The first-order chi connectivity index (χ1) is 5.18. The Kier molecular flexibility index (Phi) is 2.47. The van der Waals surface area contributed by atoms with Crippen molar-refractivity contribution in [3.8, 4) is 0 Å². The van der Waals surface area contributed by atoms with Gasteiger partial charge in [-0.15, -0.1) is 0 Å². The van der Waals surface area contributed by atoms with Gasteiger partial charge in [0.05, 0.1) is 0 Å². The molecule has 60 valence electrons. The lowest BCUT2D eigenvalue weighted by atomic mass is 10.3. The van der Waals surface area contributed by atoms with Crippen molar-refractivity contribution >= 4 is 5.69 Å². The predicted octanol–water partition coefficient (Wildman–Crippen LogP) is 2.65. The smallest absolute Gasteiger partial charge is 0.125 e. The minimum atomic E-state index is -0.198. The van der Waals surface area contributed by atoms with E-state index in [-0.39, 0.29) is 5.82 Å². The van der Waals surface area contributed by atoms with Crippen LogP contribution < -0.4 is 5.32 Å². The Hall–Kier alpha value is -1.05. The molecule has 1 rings (SSSR count). The summed E-state index contributed by atoms with van der Waals surface area (Å²) >= 11 is 0. The van der Waals surface area contributed by atoms with E-state index in [2.05, 4.69) is 5.32 Å². The molecule has 11 heavy (non-hydrogen) atoms. The fourth-order valence-electron chi connectivity index (χ4n) is 0.912. The summed E-state index contributed by atoms with van der Waals surface area (Å²) in [5, 5.41) is 3.11. The quantitative estimate of drug-likeness (QED) is 0.688. The Morgan fingerprint density at radius 1 is 1.36 bits per heavy atom. The van der Waals surface area contributed by atoms with Crippen LogP contribution in [0.2, 0.25) is 0 Å². The van der Waals surface area contributed by atoms with Crippen LogP contribution >= 0.6 is 0 Å². The highest BCUT2D eigenvalue weighted by molar-refractivity contribution is 5.43. The van der Waals surface area contributed by atoms with E-state index in [1.165, 1.54) is 12.1 Å². The molecule has 0 radical (unpaired) electrons. The van der Waals surface area contributed by atoms with E-state index >= 15 is 0 Å². The Balaban J connectivity index is 2.71. The number of hydrogen-bond donors (Lipinski definition) is 1. The highest BCUT2D eigenvalue weighted by Crippen LogP contribution is 2.09. The third-order valence-electron chi connectivity index (χ3n) is 1.28. The number of nitrogens with one attached hydrogen (secondary N) is 1. The average molecular weight is 153 g/mol. The van der Waals surface area contributed by atoms with E-state index in [9.17, 15) is 4.39 Å². The molecule has 0 fully saturated rings. The van der Waals surface area contributed by atoms with Gasteiger partial charge in [0, 0.05) is 11.7 Å². The van der Waals surface area contributed by atoms with Crippen molar-refractivity contribution in [3.05, 3.63) is 30.1 Å². The second kappa shape index (κ2) is 3.37. The number of hydrogen-bond acceptors (Lipinski definition) is 1. The molecular weight excluding hydrogens is 141 g/mol. The van der Waals surface area contributed by atoms with Crippen molar-refractivity contribution in [3.63, 3.8) is 0 Å². The van der Waals surface area contributed by atoms with Gasteiger partial charge in [-0.3, -0.25) is 0 Å². The van der Waals surface area contributed by atoms with Gasteiger partial charge in [-0.05, 0) is 32.0 Å². The van der Waals surface area contributed by atoms with Crippen molar-refractivity contribution in [1.29, 1.82) is 0 Å². The Morgan fingerprint density at radius 3 is 2.64 bits per heavy atom. The number of halogens is 1. The van der Waals surface area contributed by atoms with Gasteiger partial charge in [0.15, 0.2) is 0 Å². The van der Waals surface area contributed by atoms with Gasteiger partial charge in [-0.1, -0.05) is 6.07 Å². The van der Waals surface area contributed by atoms with Gasteiger partial charge in [0.2, 0.25) is 0 Å². The minimum absolute atomic E-state index is 0.198. The van der Waals surface area contributed by atoms with Gasteiger partial charge in [0.25, 0.3) is 0 Å². The third kappa shape index (κ3) is 2.58. The molecule has 0 saturated carbocycles. The van der Waals surface area contributed by atoms with Crippen LogP contribution in [0.25, 0.3) is 0 Å². The summed E-state index contributed by atoms with van der Waals surface area (Å²) in [6, 6.07) is 6.81. The number of benzene rings is 1. The van der Waals surface area contributed by atoms with E-state index in [0.29, 0.717) is 6.04 Å². The number of rotatable bonds is 2. The Bertz CT molecular complexity index is 233. The monoisotopic (exact) mass is 153 g/mol. The van der Waals surface area contributed by atoms with Crippen LogP contribution in [-0.4, -0.2) is 6.04 Å². The van der Waals surface area contributed by atoms with Gasteiger partial charge < -0.3 is 5.32 Å². The fourth-order valence-corrected chi connectivity index (χ4v) is 0.912. The molecule has 1 aromatic rings. The first kappa shape index (κ1) is 8.05. The van der Waals surface area contributed by atoms with Crippen LogP contribution in [0.4, 0.5) is 10.1 Å². The lowest BCUT2D eigenvalue weighted by molar-refractivity contribution is 0.628. The van der Waals surface area contributed by atoms with Gasteiger partial charge in [-0.2, -0.15) is 0 Å². The van der Waals surface area contributed by atoms with Crippen molar-refractivity contribution in [1.82, 2.24) is 0 Å². The largest absolute Gasteiger partial charge is 0.383 e. The molecule has 0 amide bonds. The zero-order valence-corrected chi connectivity index (χ0v) is 6.76. The lowest BCUT2D eigenvalue weighted by Crippen LogP contribution is -2.09. The van der Waals surface area contributed by atoms with Crippen molar-refractivity contribution in [2.75, 3.05) is 5.32 Å². The zero-order valence-electron chi connectivity index (χ0n) is 6.76. The summed E-state index contributed by atoms with van der Waals surface area (Å²) in [4.78, 5) is 0. The van der Waals surface area contributed by atoms with Crippen LogP contribution in [0.3, 0.4) is 0 Å². The Morgan fingerprint density at radius 2 is 2.09 bits per heavy atom. The molecule has 0 unspecified atom stereocenters. The summed E-state index contributed by atoms with van der Waals surface area (Å²) in [5.74, 6) is -0.198. The van der Waals surface area contributed by atoms with E-state index in [1.807, 2.05) is 19.9 Å². The molecule has 0 aliphatic carbocycles. The number of anilines is 1. The molecule has 2 heteroatoms. The van der Waals surface area contributed by atoms with E-state index in [1.54, 1.807) is 6.07 Å². The second-order valence-electron chi connectivity index (χ2n) is 2.81. The Labute approximate surface area is 66.2 Å². The van der Waals surface area contributed by atoms with E-state index in [4.69, 9.17) is 0 Å². The highest BCUT2D eigenvalue weighted by atomic mass is 19.1. The summed E-state index contributed by atoms with van der Waals surface area (Å²) < 4.78 is 12.6. The van der Waals surface area contributed by atoms with Crippen LogP contribution in [0.1, 0.15) is 13.8 Å². The molecule has 0 heterocycles. The summed E-state index contributed by atoms with van der Waals surface area (Å²) in [6.45, 7) is 4.04. The van der Waals surface area contributed by atoms with E-state index in [0.717, 1.165) is 5.69 Å². The molecule has 1 N–H and O–H groups in total. The first-order valence-corrected chi connectivity index (χ1v) is 3.70. The summed E-state index contributed by atoms with van der Waals surface area (Å²) in [7, 11) is 0. The molecule has 0 aromatic heterocycles. The summed E-state index contributed by atoms with van der Waals surface area (Å²) in [5.41, 5.74) is 0.833. The van der Waals surface area contributed by atoms with Crippen LogP contribution in [0.5, 0.6) is 0 Å². The van der Waals surface area contributed by atoms with Crippen molar-refractivity contribution in [2.45, 2.75) is 19.9 Å². The maximum absolute atomic E-state index is 12.6. The zero-order chi connectivity index (χ0) is 8.27. The van der Waals surface area contributed by atoms with Crippen molar-refractivity contribution in [2.24, 2.45) is 0 Å². The second-order valence-corrected chi connectivity index (χ2v) is 2.81. The topological polar surface area (TPSA) is 12.0 Å². The minimum Gasteiger partial charge on any atom is -0.383 e. The molecule has 0 saturated heterocycles. The molecule has 0 bridgehead atoms. The molecule has 1 aromatic carbocycles. The van der Waals surface area contributed by atoms with Crippen molar-refractivity contribution < 1.29 is 4.39 Å². The van der Waals surface area contributed by atoms with Crippen LogP contribution in [0.15, 0.2) is 24.3 Å². The van der Waals surface area contributed by atoms with E-state index < -0.39 is 0 Å².